The van der Waals surface area contributed by atoms with E-state index >= 15 is 0 Å². The van der Waals surface area contributed by atoms with Crippen molar-refractivity contribution in [2.75, 3.05) is 43.4 Å². The first-order valence-electron chi connectivity index (χ1n) is 12.1. The van der Waals surface area contributed by atoms with E-state index in [9.17, 15) is 13.2 Å². The molecule has 1 N–H and O–H groups in total. The second-order valence-electron chi connectivity index (χ2n) is 10.9. The van der Waals surface area contributed by atoms with Crippen molar-refractivity contribution < 1.29 is 13.2 Å². The van der Waals surface area contributed by atoms with E-state index in [2.05, 4.69) is 59.6 Å². The molecule has 0 aromatic heterocycles. The van der Waals surface area contributed by atoms with Gasteiger partial charge < -0.3 is 4.90 Å². The lowest BCUT2D eigenvalue weighted by atomic mass is 9.70. The quantitative estimate of drug-likeness (QED) is 0.644. The zero-order valence-corrected chi connectivity index (χ0v) is 20.9. The summed E-state index contributed by atoms with van der Waals surface area (Å²) in [5.74, 6) is 0.436. The Kier molecular flexibility index (Phi) is 6.47. The predicted molar refractivity (Wildman–Crippen MR) is 129 cm³/mol. The van der Waals surface area contributed by atoms with Gasteiger partial charge in [-0.3, -0.25) is 9.69 Å². The molecule has 6 nitrogen and oxygen atoms in total. The second kappa shape index (κ2) is 8.73. The molecule has 3 fully saturated rings. The zero-order valence-electron chi connectivity index (χ0n) is 20.1. The van der Waals surface area contributed by atoms with E-state index in [4.69, 9.17) is 0 Å². The molecule has 2 saturated carbocycles. The van der Waals surface area contributed by atoms with Crippen molar-refractivity contribution in [1.82, 2.24) is 9.62 Å². The van der Waals surface area contributed by atoms with Gasteiger partial charge in [0.05, 0.1) is 5.75 Å². The van der Waals surface area contributed by atoms with E-state index in [0.29, 0.717) is 18.8 Å². The number of hydrogen-bond acceptors (Lipinski definition) is 5. The number of nitrogens with zero attached hydrogens (tertiary/aromatic N) is 2. The number of aryl methyl sites for hydroxylation is 1. The monoisotopic (exact) mass is 461 g/mol. The highest BCUT2D eigenvalue weighted by molar-refractivity contribution is 7.89. The summed E-state index contributed by atoms with van der Waals surface area (Å²) in [6, 6.07) is 8.49. The van der Waals surface area contributed by atoms with Crippen LogP contribution in [-0.2, 0) is 14.8 Å². The number of Topliss-reactive ketones (excluding diaryl/α,β-unsaturated/α-hetero) is 1. The summed E-state index contributed by atoms with van der Waals surface area (Å²) in [5.41, 5.74) is 1.64. The van der Waals surface area contributed by atoms with Gasteiger partial charge in [-0.1, -0.05) is 26.0 Å². The molecular formula is C25H39N3O3S. The van der Waals surface area contributed by atoms with Gasteiger partial charge in [0.25, 0.3) is 0 Å². The van der Waals surface area contributed by atoms with Gasteiger partial charge in [-0.15, -0.1) is 0 Å². The number of piperazine rings is 1. The number of anilines is 1. The molecule has 0 spiro atoms. The fourth-order valence-corrected chi connectivity index (χ4v) is 8.41. The smallest absolute Gasteiger partial charge is 0.212 e. The number of carbonyl (C=O) groups excluding carboxylic acids is 1. The minimum absolute atomic E-state index is 0.0537. The summed E-state index contributed by atoms with van der Waals surface area (Å²) in [6.07, 6.45) is 3.01. The van der Waals surface area contributed by atoms with Gasteiger partial charge in [0.15, 0.2) is 0 Å². The number of nitrogens with one attached hydrogen (secondary N) is 1. The van der Waals surface area contributed by atoms with Gasteiger partial charge in [-0.05, 0) is 68.7 Å². The number of fused-ring (bicyclic) bond motifs is 2. The minimum Gasteiger partial charge on any atom is -0.369 e. The normalized spacial score (nSPS) is 28.9. The van der Waals surface area contributed by atoms with Crippen molar-refractivity contribution in [3.63, 3.8) is 0 Å². The van der Waals surface area contributed by atoms with Crippen molar-refractivity contribution in [2.45, 2.75) is 59.4 Å². The lowest BCUT2D eigenvalue weighted by molar-refractivity contribution is -0.128. The molecule has 7 heteroatoms. The maximum atomic E-state index is 13.0. The average molecular weight is 462 g/mol. The first-order chi connectivity index (χ1) is 15.0. The third kappa shape index (κ3) is 4.48. The molecule has 0 radical (unpaired) electrons. The van der Waals surface area contributed by atoms with E-state index in [1.807, 2.05) is 6.92 Å². The molecule has 2 bridgehead atoms. The topological polar surface area (TPSA) is 69.7 Å². The van der Waals surface area contributed by atoms with Crippen LogP contribution < -0.4 is 9.62 Å². The minimum atomic E-state index is -3.51. The fraction of sp³-hybridized carbons (Fsp3) is 0.720. The Morgan fingerprint density at radius 3 is 2.50 bits per heavy atom. The van der Waals surface area contributed by atoms with E-state index in [1.54, 1.807) is 0 Å². The van der Waals surface area contributed by atoms with Crippen LogP contribution in [0.4, 0.5) is 5.69 Å². The molecule has 32 heavy (non-hydrogen) atoms. The number of ketones is 1. The number of sulfonamides is 1. The lowest BCUT2D eigenvalue weighted by Crippen LogP contribution is -2.49. The summed E-state index contributed by atoms with van der Waals surface area (Å²) < 4.78 is 28.9. The fourth-order valence-electron chi connectivity index (χ4n) is 6.27. The van der Waals surface area contributed by atoms with Crippen LogP contribution in [0.3, 0.4) is 0 Å². The van der Waals surface area contributed by atoms with E-state index in [-0.39, 0.29) is 23.0 Å². The van der Waals surface area contributed by atoms with Gasteiger partial charge in [-0.25, -0.2) is 13.1 Å². The Morgan fingerprint density at radius 1 is 1.19 bits per heavy atom. The molecule has 178 valence electrons. The molecule has 1 aromatic carbocycles. The highest BCUT2D eigenvalue weighted by atomic mass is 32.2. The molecular weight excluding hydrogens is 422 g/mol. The van der Waals surface area contributed by atoms with Gasteiger partial charge in [0, 0.05) is 49.7 Å². The predicted octanol–water partition coefficient (Wildman–Crippen LogP) is 3.21. The Labute approximate surface area is 193 Å². The molecule has 1 heterocycles. The van der Waals surface area contributed by atoms with Crippen LogP contribution >= 0.6 is 0 Å². The molecule has 4 rings (SSSR count). The van der Waals surface area contributed by atoms with Gasteiger partial charge >= 0.3 is 0 Å². The lowest BCUT2D eigenvalue weighted by Gasteiger charge is -2.37. The SMILES string of the molecule is Cc1cccc(N2CCN(CCC(C)NS(=O)(=O)CC34CCC(CC3=O)C4(C)C)CC2)c1. The first-order valence-corrected chi connectivity index (χ1v) is 13.7. The van der Waals surface area contributed by atoms with Crippen molar-refractivity contribution in [3.05, 3.63) is 29.8 Å². The second-order valence-corrected chi connectivity index (χ2v) is 12.7. The van der Waals surface area contributed by atoms with Crippen LogP contribution in [0, 0.1) is 23.7 Å². The Balaban J connectivity index is 1.25. The number of carbonyl (C=O) groups is 1. The van der Waals surface area contributed by atoms with E-state index < -0.39 is 15.4 Å². The van der Waals surface area contributed by atoms with Gasteiger partial charge in [0.2, 0.25) is 10.0 Å². The highest BCUT2D eigenvalue weighted by Gasteiger charge is 2.65. The maximum absolute atomic E-state index is 13.0. The van der Waals surface area contributed by atoms with Crippen molar-refractivity contribution >= 4 is 21.5 Å². The summed E-state index contributed by atoms with van der Waals surface area (Å²) >= 11 is 0. The molecule has 2 aliphatic carbocycles. The molecule has 3 aliphatic rings. The Hall–Kier alpha value is -1.44. The summed E-state index contributed by atoms with van der Waals surface area (Å²) in [7, 11) is -3.51. The standard InChI is InChI=1S/C25H39N3O3S/c1-19-6-5-7-22(16-19)28-14-12-27(13-15-28)11-9-20(2)26-32(30,31)18-25-10-8-21(17-23(25)29)24(25,3)4/h5-7,16,20-21,26H,8-15,17-18H2,1-4H3. The van der Waals surface area contributed by atoms with Crippen LogP contribution in [-0.4, -0.2) is 63.6 Å². The van der Waals surface area contributed by atoms with E-state index in [0.717, 1.165) is 45.6 Å². The van der Waals surface area contributed by atoms with Crippen molar-refractivity contribution in [1.29, 1.82) is 0 Å². The highest BCUT2D eigenvalue weighted by Crippen LogP contribution is 2.64. The third-order valence-corrected chi connectivity index (χ3v) is 10.2. The van der Waals surface area contributed by atoms with Crippen LogP contribution in [0.15, 0.2) is 24.3 Å². The van der Waals surface area contributed by atoms with Crippen LogP contribution in [0.25, 0.3) is 0 Å². The number of benzene rings is 1. The molecule has 1 aromatic rings. The summed E-state index contributed by atoms with van der Waals surface area (Å²) in [4.78, 5) is 17.6. The Bertz CT molecular complexity index is 953. The molecule has 3 atom stereocenters. The average Bonchev–Trinajstić information content (AvgIpc) is 3.06. The van der Waals surface area contributed by atoms with Gasteiger partial charge in [-0.2, -0.15) is 0 Å². The largest absolute Gasteiger partial charge is 0.369 e. The number of rotatable bonds is 8. The first kappa shape index (κ1) is 23.7. The van der Waals surface area contributed by atoms with Crippen LogP contribution in [0.2, 0.25) is 0 Å². The van der Waals surface area contributed by atoms with Gasteiger partial charge in [0.1, 0.15) is 5.78 Å². The van der Waals surface area contributed by atoms with Crippen LogP contribution in [0.5, 0.6) is 0 Å². The molecule has 1 saturated heterocycles. The zero-order chi connectivity index (χ0) is 23.1. The maximum Gasteiger partial charge on any atom is 0.212 e. The number of hydrogen-bond donors (Lipinski definition) is 1. The van der Waals surface area contributed by atoms with Crippen LogP contribution in [0.1, 0.15) is 52.0 Å². The Morgan fingerprint density at radius 2 is 1.91 bits per heavy atom. The third-order valence-electron chi connectivity index (χ3n) is 8.57. The molecule has 0 amide bonds. The summed E-state index contributed by atoms with van der Waals surface area (Å²) in [6.45, 7) is 13.1. The van der Waals surface area contributed by atoms with E-state index in [1.165, 1.54) is 11.3 Å². The van der Waals surface area contributed by atoms with Crippen molar-refractivity contribution in [3.8, 4) is 0 Å². The molecule has 1 aliphatic heterocycles. The van der Waals surface area contributed by atoms with Crippen molar-refractivity contribution in [2.24, 2.45) is 16.7 Å². The summed E-state index contributed by atoms with van der Waals surface area (Å²) in [5, 5.41) is 0. The molecule has 3 unspecified atom stereocenters.